The first-order valence-electron chi connectivity index (χ1n) is 4.99. The maximum Gasteiger partial charge on any atom is 0.0437 e. The standard InChI is InChI=1S/C9H19N2O2/c1-2-13-8-9(12)7-11-5-3-10-4-6-11/h9-10H,2-8H2,1H3/q-1. The van der Waals surface area contributed by atoms with Gasteiger partial charge in [0.2, 0.25) is 0 Å². The van der Waals surface area contributed by atoms with Gasteiger partial charge >= 0.3 is 0 Å². The van der Waals surface area contributed by atoms with E-state index in [0.717, 1.165) is 26.2 Å². The maximum absolute atomic E-state index is 11.4. The average molecular weight is 187 g/mol. The largest absolute Gasteiger partial charge is 0.849 e. The lowest BCUT2D eigenvalue weighted by Gasteiger charge is -2.33. The number of hydrogen-bond donors (Lipinski definition) is 1. The van der Waals surface area contributed by atoms with Gasteiger partial charge in [0.15, 0.2) is 0 Å². The van der Waals surface area contributed by atoms with Crippen molar-refractivity contribution in [3.63, 3.8) is 0 Å². The molecular weight excluding hydrogens is 168 g/mol. The van der Waals surface area contributed by atoms with Crippen molar-refractivity contribution >= 4 is 0 Å². The van der Waals surface area contributed by atoms with Crippen LogP contribution < -0.4 is 10.4 Å². The average Bonchev–Trinajstić information content (AvgIpc) is 2.16. The fourth-order valence-electron chi connectivity index (χ4n) is 1.48. The Morgan fingerprint density at radius 1 is 1.46 bits per heavy atom. The van der Waals surface area contributed by atoms with Crippen LogP contribution in [0.5, 0.6) is 0 Å². The van der Waals surface area contributed by atoms with Crippen molar-refractivity contribution in [3.05, 3.63) is 0 Å². The predicted octanol–water partition coefficient (Wildman–Crippen LogP) is -1.34. The molecule has 1 heterocycles. The van der Waals surface area contributed by atoms with Gasteiger partial charge in [0.1, 0.15) is 0 Å². The summed E-state index contributed by atoms with van der Waals surface area (Å²) in [5.41, 5.74) is 0. The molecule has 1 atom stereocenters. The van der Waals surface area contributed by atoms with Gasteiger partial charge in [-0.3, -0.25) is 0 Å². The molecule has 0 aliphatic carbocycles. The zero-order chi connectivity index (χ0) is 9.52. The topological polar surface area (TPSA) is 47.6 Å². The van der Waals surface area contributed by atoms with Crippen molar-refractivity contribution in [2.75, 3.05) is 45.9 Å². The van der Waals surface area contributed by atoms with Crippen LogP contribution in [-0.4, -0.2) is 56.9 Å². The molecule has 78 valence electrons. The molecule has 0 radical (unpaired) electrons. The van der Waals surface area contributed by atoms with Gasteiger partial charge in [0, 0.05) is 39.4 Å². The van der Waals surface area contributed by atoms with E-state index < -0.39 is 6.10 Å². The molecule has 0 aromatic carbocycles. The summed E-state index contributed by atoms with van der Waals surface area (Å²) in [6.45, 7) is 7.51. The molecule has 4 heteroatoms. The van der Waals surface area contributed by atoms with Gasteiger partial charge in [0.05, 0.1) is 0 Å². The van der Waals surface area contributed by atoms with Gasteiger partial charge in [-0.25, -0.2) is 0 Å². The van der Waals surface area contributed by atoms with Crippen molar-refractivity contribution in [1.29, 1.82) is 0 Å². The summed E-state index contributed by atoms with van der Waals surface area (Å²) >= 11 is 0. The molecule has 0 bridgehead atoms. The van der Waals surface area contributed by atoms with E-state index in [1.54, 1.807) is 0 Å². The summed E-state index contributed by atoms with van der Waals surface area (Å²) in [4.78, 5) is 2.20. The van der Waals surface area contributed by atoms with Crippen molar-refractivity contribution in [2.24, 2.45) is 0 Å². The Balaban J connectivity index is 2.07. The second-order valence-electron chi connectivity index (χ2n) is 3.33. The van der Waals surface area contributed by atoms with E-state index >= 15 is 0 Å². The smallest absolute Gasteiger partial charge is 0.0437 e. The summed E-state index contributed by atoms with van der Waals surface area (Å²) in [7, 11) is 0. The number of hydrogen-bond acceptors (Lipinski definition) is 4. The van der Waals surface area contributed by atoms with Crippen LogP contribution in [0.2, 0.25) is 0 Å². The first-order chi connectivity index (χ1) is 6.33. The van der Waals surface area contributed by atoms with Gasteiger partial charge in [0.25, 0.3) is 0 Å². The molecule has 1 aliphatic rings. The molecule has 0 amide bonds. The lowest BCUT2D eigenvalue weighted by Crippen LogP contribution is -2.50. The highest BCUT2D eigenvalue weighted by molar-refractivity contribution is 4.70. The number of piperazine rings is 1. The van der Waals surface area contributed by atoms with Crippen LogP contribution in [-0.2, 0) is 4.74 Å². The SMILES string of the molecule is CCOCC([O-])CN1CCNCC1. The Labute approximate surface area is 79.9 Å². The molecule has 0 aromatic heterocycles. The zero-order valence-electron chi connectivity index (χ0n) is 8.29. The van der Waals surface area contributed by atoms with Crippen LogP contribution in [0.3, 0.4) is 0 Å². The van der Waals surface area contributed by atoms with Crippen molar-refractivity contribution in [1.82, 2.24) is 10.2 Å². The Hall–Kier alpha value is -0.160. The third-order valence-corrected chi connectivity index (χ3v) is 2.18. The summed E-state index contributed by atoms with van der Waals surface area (Å²) in [6, 6.07) is 0. The predicted molar refractivity (Wildman–Crippen MR) is 49.6 cm³/mol. The molecule has 1 fully saturated rings. The molecule has 1 rings (SSSR count). The minimum Gasteiger partial charge on any atom is -0.849 e. The summed E-state index contributed by atoms with van der Waals surface area (Å²) in [5, 5.41) is 14.6. The van der Waals surface area contributed by atoms with E-state index in [0.29, 0.717) is 19.8 Å². The minimum absolute atomic E-state index is 0.348. The number of ether oxygens (including phenoxy) is 1. The van der Waals surface area contributed by atoms with Gasteiger partial charge in [-0.1, -0.05) is 6.10 Å². The second kappa shape index (κ2) is 6.32. The van der Waals surface area contributed by atoms with Gasteiger partial charge in [-0.15, -0.1) is 0 Å². The summed E-state index contributed by atoms with van der Waals surface area (Å²) in [5.74, 6) is 0. The molecule has 0 spiro atoms. The Kier molecular flexibility index (Phi) is 5.31. The van der Waals surface area contributed by atoms with Gasteiger partial charge in [-0.2, -0.15) is 0 Å². The Morgan fingerprint density at radius 3 is 2.77 bits per heavy atom. The molecule has 1 saturated heterocycles. The van der Waals surface area contributed by atoms with Crippen LogP contribution in [0.4, 0.5) is 0 Å². The Morgan fingerprint density at radius 2 is 2.15 bits per heavy atom. The normalized spacial score (nSPS) is 21.7. The molecule has 1 unspecified atom stereocenters. The fraction of sp³-hybridized carbons (Fsp3) is 1.00. The highest BCUT2D eigenvalue weighted by Gasteiger charge is 2.09. The van der Waals surface area contributed by atoms with E-state index in [4.69, 9.17) is 4.74 Å². The molecule has 4 nitrogen and oxygen atoms in total. The lowest BCUT2D eigenvalue weighted by molar-refractivity contribution is -0.428. The summed E-state index contributed by atoms with van der Waals surface area (Å²) < 4.78 is 5.08. The van der Waals surface area contributed by atoms with E-state index in [1.807, 2.05) is 6.92 Å². The molecule has 13 heavy (non-hydrogen) atoms. The van der Waals surface area contributed by atoms with Crippen molar-refractivity contribution < 1.29 is 9.84 Å². The number of nitrogens with one attached hydrogen (secondary N) is 1. The van der Waals surface area contributed by atoms with E-state index in [1.165, 1.54) is 0 Å². The van der Waals surface area contributed by atoms with Crippen LogP contribution in [0.25, 0.3) is 0 Å². The highest BCUT2D eigenvalue weighted by atomic mass is 16.5. The fourth-order valence-corrected chi connectivity index (χ4v) is 1.48. The first kappa shape index (κ1) is 10.9. The van der Waals surface area contributed by atoms with Crippen molar-refractivity contribution in [2.45, 2.75) is 13.0 Å². The second-order valence-corrected chi connectivity index (χ2v) is 3.33. The summed E-state index contributed by atoms with van der Waals surface area (Å²) in [6.07, 6.45) is -0.585. The first-order valence-corrected chi connectivity index (χ1v) is 4.99. The van der Waals surface area contributed by atoms with Crippen LogP contribution in [0.1, 0.15) is 6.92 Å². The number of nitrogens with zero attached hydrogens (tertiary/aromatic N) is 1. The van der Waals surface area contributed by atoms with Crippen molar-refractivity contribution in [3.8, 4) is 0 Å². The third-order valence-electron chi connectivity index (χ3n) is 2.18. The zero-order valence-corrected chi connectivity index (χ0v) is 8.29. The molecule has 1 aliphatic heterocycles. The van der Waals surface area contributed by atoms with E-state index in [-0.39, 0.29) is 0 Å². The molecule has 1 N–H and O–H groups in total. The van der Waals surface area contributed by atoms with Crippen LogP contribution in [0, 0.1) is 0 Å². The van der Waals surface area contributed by atoms with E-state index in [9.17, 15) is 5.11 Å². The third kappa shape index (κ3) is 4.57. The lowest BCUT2D eigenvalue weighted by atomic mass is 10.3. The van der Waals surface area contributed by atoms with Gasteiger partial charge < -0.3 is 20.1 Å². The van der Waals surface area contributed by atoms with Crippen LogP contribution in [0.15, 0.2) is 0 Å². The minimum atomic E-state index is -0.585. The highest BCUT2D eigenvalue weighted by Crippen LogP contribution is 1.94. The molecule has 0 aromatic rings. The maximum atomic E-state index is 11.4. The monoisotopic (exact) mass is 187 g/mol. The Bertz CT molecular complexity index is 127. The molecule has 0 saturated carbocycles. The molecular formula is C9H19N2O2-. The quantitative estimate of drug-likeness (QED) is 0.578. The number of rotatable bonds is 5. The van der Waals surface area contributed by atoms with Gasteiger partial charge in [-0.05, 0) is 13.5 Å². The van der Waals surface area contributed by atoms with Crippen LogP contribution >= 0.6 is 0 Å². The van der Waals surface area contributed by atoms with E-state index in [2.05, 4.69) is 10.2 Å².